The van der Waals surface area contributed by atoms with Gasteiger partial charge in [-0.2, -0.15) is 0 Å². The first-order valence-corrected chi connectivity index (χ1v) is 11.6. The molecule has 0 aromatic heterocycles. The third-order valence-electron chi connectivity index (χ3n) is 6.20. The number of nitrogens with zero attached hydrogens (tertiary/aromatic N) is 3. The van der Waals surface area contributed by atoms with Crippen LogP contribution in [0.4, 0.5) is 10.5 Å². The zero-order valence-corrected chi connectivity index (χ0v) is 19.4. The predicted molar refractivity (Wildman–Crippen MR) is 129 cm³/mol. The fraction of sp³-hybridized carbons (Fsp3) is 0.440. The molecule has 2 heterocycles. The van der Waals surface area contributed by atoms with E-state index in [1.807, 2.05) is 59.5 Å². The highest BCUT2D eigenvalue weighted by Gasteiger charge is 2.32. The van der Waals surface area contributed by atoms with E-state index in [0.29, 0.717) is 43.7 Å². The Balaban J connectivity index is 1.24. The van der Waals surface area contributed by atoms with Gasteiger partial charge in [0.25, 0.3) is 0 Å². The molecule has 2 aliphatic heterocycles. The minimum atomic E-state index is -0.168. The molecule has 2 aliphatic rings. The molecular formula is C25H33N5O3. The van der Waals surface area contributed by atoms with Crippen LogP contribution in [-0.2, 0) is 4.79 Å². The molecule has 8 heteroatoms. The Labute approximate surface area is 195 Å². The largest absolute Gasteiger partial charge is 0.457 e. The molecule has 3 amide bonds. The van der Waals surface area contributed by atoms with Crippen LogP contribution < -0.4 is 15.4 Å². The molecule has 2 N–H and O–H groups in total. The summed E-state index contributed by atoms with van der Waals surface area (Å²) in [6.45, 7) is 9.00. The molecule has 4 rings (SSSR count). The van der Waals surface area contributed by atoms with Gasteiger partial charge in [-0.05, 0) is 50.2 Å². The second-order valence-electron chi connectivity index (χ2n) is 8.78. The predicted octanol–water partition coefficient (Wildman–Crippen LogP) is 2.84. The van der Waals surface area contributed by atoms with Crippen LogP contribution in [0.3, 0.4) is 0 Å². The first-order chi connectivity index (χ1) is 16.0. The van der Waals surface area contributed by atoms with Crippen LogP contribution in [0.25, 0.3) is 0 Å². The van der Waals surface area contributed by atoms with Gasteiger partial charge >= 0.3 is 6.03 Å². The number of nitrogens with one attached hydrogen (secondary N) is 2. The average molecular weight is 452 g/mol. The Morgan fingerprint density at radius 3 is 2.21 bits per heavy atom. The highest BCUT2D eigenvalue weighted by Crippen LogP contribution is 2.23. The molecule has 1 atom stereocenters. The summed E-state index contributed by atoms with van der Waals surface area (Å²) < 4.78 is 5.79. The summed E-state index contributed by atoms with van der Waals surface area (Å²) in [5.41, 5.74) is 0.708. The summed E-state index contributed by atoms with van der Waals surface area (Å²) in [6, 6.07) is 17.0. The maximum absolute atomic E-state index is 13.0. The van der Waals surface area contributed by atoms with Crippen molar-refractivity contribution in [1.82, 2.24) is 20.0 Å². The van der Waals surface area contributed by atoms with Gasteiger partial charge in [-0.25, -0.2) is 4.79 Å². The molecule has 2 saturated heterocycles. The van der Waals surface area contributed by atoms with E-state index >= 15 is 0 Å². The van der Waals surface area contributed by atoms with Crippen molar-refractivity contribution in [2.24, 2.45) is 0 Å². The summed E-state index contributed by atoms with van der Waals surface area (Å²) in [5, 5.41) is 6.29. The molecule has 2 aromatic carbocycles. The minimum absolute atomic E-state index is 0.134. The highest BCUT2D eigenvalue weighted by atomic mass is 16.5. The first kappa shape index (κ1) is 23.1. The van der Waals surface area contributed by atoms with Crippen molar-refractivity contribution in [3.63, 3.8) is 0 Å². The lowest BCUT2D eigenvalue weighted by Crippen LogP contribution is -2.61. The summed E-state index contributed by atoms with van der Waals surface area (Å²) in [7, 11) is 0. The number of carbonyl (C=O) groups excluding carboxylic acids is 2. The summed E-state index contributed by atoms with van der Waals surface area (Å²) in [5.74, 6) is 1.61. The fourth-order valence-electron chi connectivity index (χ4n) is 4.19. The van der Waals surface area contributed by atoms with Gasteiger partial charge in [0.15, 0.2) is 0 Å². The van der Waals surface area contributed by atoms with E-state index in [2.05, 4.69) is 29.4 Å². The van der Waals surface area contributed by atoms with E-state index in [9.17, 15) is 9.59 Å². The van der Waals surface area contributed by atoms with Gasteiger partial charge in [0.05, 0.1) is 6.04 Å². The van der Waals surface area contributed by atoms with E-state index in [0.717, 1.165) is 25.4 Å². The summed E-state index contributed by atoms with van der Waals surface area (Å²) in [4.78, 5) is 31.6. The van der Waals surface area contributed by atoms with E-state index in [-0.39, 0.29) is 18.0 Å². The zero-order valence-electron chi connectivity index (χ0n) is 19.4. The smallest absolute Gasteiger partial charge is 0.321 e. The topological polar surface area (TPSA) is 77.2 Å². The van der Waals surface area contributed by atoms with Crippen LogP contribution >= 0.6 is 0 Å². The van der Waals surface area contributed by atoms with Crippen LogP contribution in [0.5, 0.6) is 11.5 Å². The molecule has 0 unspecified atom stereocenters. The molecule has 2 aromatic rings. The fourth-order valence-corrected chi connectivity index (χ4v) is 4.19. The van der Waals surface area contributed by atoms with Crippen molar-refractivity contribution in [2.75, 3.05) is 51.1 Å². The van der Waals surface area contributed by atoms with E-state index in [4.69, 9.17) is 4.74 Å². The second kappa shape index (κ2) is 10.7. The maximum atomic E-state index is 13.0. The van der Waals surface area contributed by atoms with Gasteiger partial charge in [-0.3, -0.25) is 9.69 Å². The van der Waals surface area contributed by atoms with Gasteiger partial charge < -0.3 is 25.2 Å². The monoisotopic (exact) mass is 451 g/mol. The number of para-hydroxylation sites is 1. The van der Waals surface area contributed by atoms with Crippen LogP contribution in [0.2, 0.25) is 0 Å². The molecule has 0 spiro atoms. The first-order valence-electron chi connectivity index (χ1n) is 11.6. The Bertz CT molecular complexity index is 927. The summed E-state index contributed by atoms with van der Waals surface area (Å²) in [6.07, 6.45) is 0. The van der Waals surface area contributed by atoms with Gasteiger partial charge in [-0.15, -0.1) is 0 Å². The molecule has 8 nitrogen and oxygen atoms in total. The lowest BCUT2D eigenvalue weighted by Gasteiger charge is -2.40. The Kier molecular flexibility index (Phi) is 7.47. The highest BCUT2D eigenvalue weighted by molar-refractivity contribution is 5.89. The van der Waals surface area contributed by atoms with Crippen molar-refractivity contribution in [2.45, 2.75) is 25.9 Å². The third kappa shape index (κ3) is 6.03. The van der Waals surface area contributed by atoms with Crippen molar-refractivity contribution in [1.29, 1.82) is 0 Å². The SMILES string of the molecule is CC(C)N1CCN[C@@H](C(=O)N2CCN(C(=O)Nc3ccc(Oc4ccccc4)cc3)CC2)C1. The van der Waals surface area contributed by atoms with Gasteiger partial charge in [-0.1, -0.05) is 18.2 Å². The maximum Gasteiger partial charge on any atom is 0.321 e. The quantitative estimate of drug-likeness (QED) is 0.731. The molecule has 0 saturated carbocycles. The molecule has 0 aliphatic carbocycles. The molecule has 33 heavy (non-hydrogen) atoms. The average Bonchev–Trinajstić information content (AvgIpc) is 2.85. The lowest BCUT2D eigenvalue weighted by molar-refractivity contribution is -0.136. The Morgan fingerprint density at radius 1 is 0.909 bits per heavy atom. The number of hydrogen-bond acceptors (Lipinski definition) is 5. The number of rotatable bonds is 5. The van der Waals surface area contributed by atoms with Crippen molar-refractivity contribution in [3.8, 4) is 11.5 Å². The van der Waals surface area contributed by atoms with Gasteiger partial charge in [0.2, 0.25) is 5.91 Å². The molecule has 2 fully saturated rings. The van der Waals surface area contributed by atoms with E-state index in [1.54, 1.807) is 4.90 Å². The number of anilines is 1. The normalized spacial score (nSPS) is 19.4. The number of urea groups is 1. The van der Waals surface area contributed by atoms with Crippen molar-refractivity contribution >= 4 is 17.6 Å². The molecule has 0 radical (unpaired) electrons. The van der Waals surface area contributed by atoms with Gasteiger partial charge in [0, 0.05) is 57.5 Å². The number of carbonyl (C=O) groups is 2. The zero-order chi connectivity index (χ0) is 23.2. The lowest BCUT2D eigenvalue weighted by atomic mass is 10.1. The number of benzene rings is 2. The van der Waals surface area contributed by atoms with Crippen LogP contribution in [-0.4, -0.2) is 84.5 Å². The number of ether oxygens (including phenoxy) is 1. The van der Waals surface area contributed by atoms with E-state index < -0.39 is 0 Å². The Hall–Kier alpha value is -3.10. The van der Waals surface area contributed by atoms with Crippen molar-refractivity contribution in [3.05, 3.63) is 54.6 Å². The molecule has 0 bridgehead atoms. The van der Waals surface area contributed by atoms with Crippen LogP contribution in [0.1, 0.15) is 13.8 Å². The minimum Gasteiger partial charge on any atom is -0.457 e. The van der Waals surface area contributed by atoms with E-state index in [1.165, 1.54) is 0 Å². The van der Waals surface area contributed by atoms with Crippen molar-refractivity contribution < 1.29 is 14.3 Å². The van der Waals surface area contributed by atoms with Gasteiger partial charge in [0.1, 0.15) is 11.5 Å². The standard InChI is InChI=1S/C25H33N5O3/c1-19(2)30-13-12-26-23(18-30)24(31)28-14-16-29(17-15-28)25(32)27-20-8-10-22(11-9-20)33-21-6-4-3-5-7-21/h3-11,19,23,26H,12-18H2,1-2H3,(H,27,32)/t23-/m1/s1. The summed E-state index contributed by atoms with van der Waals surface area (Å²) >= 11 is 0. The Morgan fingerprint density at radius 2 is 1.55 bits per heavy atom. The van der Waals surface area contributed by atoms with Crippen LogP contribution in [0, 0.1) is 0 Å². The number of amides is 3. The molecule has 176 valence electrons. The number of piperazine rings is 2. The third-order valence-corrected chi connectivity index (χ3v) is 6.20. The second-order valence-corrected chi connectivity index (χ2v) is 8.78. The van der Waals surface area contributed by atoms with Crippen LogP contribution in [0.15, 0.2) is 54.6 Å². The number of hydrogen-bond donors (Lipinski definition) is 2. The molecular weight excluding hydrogens is 418 g/mol.